The number of fused-ring (bicyclic) bond motifs is 1. The molecule has 0 spiro atoms. The number of sulfonamides is 1. The van der Waals surface area contributed by atoms with Gasteiger partial charge in [-0.15, -0.1) is 0 Å². The van der Waals surface area contributed by atoms with Crippen LogP contribution >= 0.6 is 0 Å². The van der Waals surface area contributed by atoms with E-state index in [2.05, 4.69) is 0 Å². The Bertz CT molecular complexity index is 596. The number of nitrogens with zero attached hydrogens (tertiary/aromatic N) is 1. The first kappa shape index (κ1) is 13.8. The minimum Gasteiger partial charge on any atom is -0.493 e. The van der Waals surface area contributed by atoms with Gasteiger partial charge in [0.05, 0.1) is 17.9 Å². The third kappa shape index (κ3) is 2.87. The molecule has 0 atom stereocenters. The van der Waals surface area contributed by atoms with Crippen molar-refractivity contribution in [1.82, 2.24) is 4.31 Å². The Morgan fingerprint density at radius 2 is 2.21 bits per heavy atom. The van der Waals surface area contributed by atoms with Crippen molar-refractivity contribution in [3.63, 3.8) is 0 Å². The van der Waals surface area contributed by atoms with Gasteiger partial charge in [0.25, 0.3) is 0 Å². The van der Waals surface area contributed by atoms with Crippen LogP contribution in [0, 0.1) is 0 Å². The summed E-state index contributed by atoms with van der Waals surface area (Å²) < 4.78 is 30.8. The number of carbonyl (C=O) groups is 1. The maximum absolute atomic E-state index is 12.2. The highest BCUT2D eigenvalue weighted by atomic mass is 32.2. The minimum atomic E-state index is -3.64. The van der Waals surface area contributed by atoms with Crippen molar-refractivity contribution in [3.8, 4) is 5.75 Å². The van der Waals surface area contributed by atoms with Gasteiger partial charge in [0.1, 0.15) is 5.75 Å². The molecule has 0 aliphatic carbocycles. The lowest BCUT2D eigenvalue weighted by atomic mass is 10.2. The molecular weight excluding hydrogens is 270 g/mol. The fourth-order valence-electron chi connectivity index (χ4n) is 1.88. The van der Waals surface area contributed by atoms with E-state index in [4.69, 9.17) is 9.84 Å². The molecule has 6 nitrogen and oxygen atoms in total. The molecule has 19 heavy (non-hydrogen) atoms. The zero-order valence-corrected chi connectivity index (χ0v) is 11.3. The van der Waals surface area contributed by atoms with E-state index in [1.165, 1.54) is 13.1 Å². The normalized spacial score (nSPS) is 14.2. The summed E-state index contributed by atoms with van der Waals surface area (Å²) in [6.07, 6.45) is 0.474. The summed E-state index contributed by atoms with van der Waals surface area (Å²) in [4.78, 5) is 10.7. The van der Waals surface area contributed by atoms with Crippen LogP contribution in [0.3, 0.4) is 0 Å². The largest absolute Gasteiger partial charge is 0.493 e. The lowest BCUT2D eigenvalue weighted by molar-refractivity contribution is -0.137. The first-order valence-corrected chi connectivity index (χ1v) is 7.29. The highest BCUT2D eigenvalue weighted by molar-refractivity contribution is 7.89. The van der Waals surface area contributed by atoms with Gasteiger partial charge in [-0.2, -0.15) is 0 Å². The first-order valence-electron chi connectivity index (χ1n) is 5.85. The van der Waals surface area contributed by atoms with Gasteiger partial charge in [0.2, 0.25) is 10.0 Å². The van der Waals surface area contributed by atoms with E-state index in [0.29, 0.717) is 18.8 Å². The van der Waals surface area contributed by atoms with Gasteiger partial charge >= 0.3 is 5.97 Å². The van der Waals surface area contributed by atoms with Crippen LogP contribution < -0.4 is 4.74 Å². The molecule has 1 aromatic rings. The standard InChI is InChI=1S/C12H15NO5S/c1-13(6-4-12(14)15)19(16,17)10-2-3-11-9(8-10)5-7-18-11/h2-3,8H,4-7H2,1H3,(H,14,15). The Balaban J connectivity index is 2.21. The van der Waals surface area contributed by atoms with Gasteiger partial charge in [-0.25, -0.2) is 12.7 Å². The fraction of sp³-hybridized carbons (Fsp3) is 0.417. The monoisotopic (exact) mass is 285 g/mol. The van der Waals surface area contributed by atoms with Crippen LogP contribution in [-0.4, -0.2) is 44.0 Å². The van der Waals surface area contributed by atoms with Gasteiger partial charge < -0.3 is 9.84 Å². The second kappa shape index (κ2) is 5.18. The maximum Gasteiger partial charge on any atom is 0.304 e. The highest BCUT2D eigenvalue weighted by Crippen LogP contribution is 2.28. The number of carboxylic acids is 1. The fourth-order valence-corrected chi connectivity index (χ4v) is 3.10. The molecule has 0 amide bonds. The van der Waals surface area contributed by atoms with E-state index in [1.807, 2.05) is 0 Å². The van der Waals surface area contributed by atoms with Crippen molar-refractivity contribution < 1.29 is 23.1 Å². The van der Waals surface area contributed by atoms with Crippen molar-refractivity contribution in [1.29, 1.82) is 0 Å². The van der Waals surface area contributed by atoms with E-state index >= 15 is 0 Å². The van der Waals surface area contributed by atoms with Crippen molar-refractivity contribution >= 4 is 16.0 Å². The highest BCUT2D eigenvalue weighted by Gasteiger charge is 2.23. The van der Waals surface area contributed by atoms with Crippen LogP contribution in [0.2, 0.25) is 0 Å². The molecular formula is C12H15NO5S. The lowest BCUT2D eigenvalue weighted by Gasteiger charge is -2.16. The van der Waals surface area contributed by atoms with E-state index in [9.17, 15) is 13.2 Å². The predicted molar refractivity (Wildman–Crippen MR) is 67.7 cm³/mol. The molecule has 0 fully saturated rings. The zero-order chi connectivity index (χ0) is 14.0. The number of hydrogen-bond acceptors (Lipinski definition) is 4. The molecule has 1 N–H and O–H groups in total. The summed E-state index contributed by atoms with van der Waals surface area (Å²) in [6.45, 7) is 0.513. The van der Waals surface area contributed by atoms with Crippen LogP contribution in [0.25, 0.3) is 0 Å². The predicted octanol–water partition coefficient (Wildman–Crippen LogP) is 0.717. The molecule has 0 saturated heterocycles. The quantitative estimate of drug-likeness (QED) is 0.861. The van der Waals surface area contributed by atoms with Gasteiger partial charge in [-0.05, 0) is 23.8 Å². The summed E-state index contributed by atoms with van der Waals surface area (Å²) in [6, 6.07) is 4.71. The number of hydrogen-bond donors (Lipinski definition) is 1. The number of benzene rings is 1. The average molecular weight is 285 g/mol. The molecule has 1 aliphatic heterocycles. The topological polar surface area (TPSA) is 83.9 Å². The minimum absolute atomic E-state index is 0.0503. The molecule has 7 heteroatoms. The average Bonchev–Trinajstić information content (AvgIpc) is 2.82. The smallest absolute Gasteiger partial charge is 0.304 e. The molecule has 104 valence electrons. The van der Waals surface area contributed by atoms with Crippen LogP contribution in [0.15, 0.2) is 23.1 Å². The second-order valence-electron chi connectivity index (χ2n) is 4.34. The third-order valence-corrected chi connectivity index (χ3v) is 4.86. The summed E-state index contributed by atoms with van der Waals surface area (Å²) in [7, 11) is -2.26. The Morgan fingerprint density at radius 3 is 2.89 bits per heavy atom. The molecule has 1 heterocycles. The van der Waals surface area contributed by atoms with Crippen LogP contribution in [0.1, 0.15) is 12.0 Å². The first-order chi connectivity index (χ1) is 8.91. The summed E-state index contributed by atoms with van der Waals surface area (Å²) >= 11 is 0. The van der Waals surface area contributed by atoms with E-state index in [1.54, 1.807) is 12.1 Å². The number of carboxylic acid groups (broad SMARTS) is 1. The van der Waals surface area contributed by atoms with Gasteiger partial charge in [-0.3, -0.25) is 4.79 Å². The van der Waals surface area contributed by atoms with Crippen LogP contribution in [0.5, 0.6) is 5.75 Å². The van der Waals surface area contributed by atoms with Crippen molar-refractivity contribution in [2.45, 2.75) is 17.7 Å². The summed E-state index contributed by atoms with van der Waals surface area (Å²) in [5.74, 6) is -0.309. The molecule has 1 aliphatic rings. The summed E-state index contributed by atoms with van der Waals surface area (Å²) in [5, 5.41) is 8.59. The van der Waals surface area contributed by atoms with Gasteiger partial charge in [0, 0.05) is 20.0 Å². The van der Waals surface area contributed by atoms with Gasteiger partial charge in [-0.1, -0.05) is 0 Å². The van der Waals surface area contributed by atoms with Crippen molar-refractivity contribution in [3.05, 3.63) is 23.8 Å². The van der Waals surface area contributed by atoms with E-state index in [0.717, 1.165) is 9.87 Å². The van der Waals surface area contributed by atoms with Crippen LogP contribution in [-0.2, 0) is 21.2 Å². The SMILES string of the molecule is CN(CCC(=O)O)S(=O)(=O)c1ccc2c(c1)CCO2. The van der Waals surface area contributed by atoms with Gasteiger partial charge in [0.15, 0.2) is 0 Å². The Labute approximate surface area is 111 Å². The lowest BCUT2D eigenvalue weighted by Crippen LogP contribution is -2.29. The Kier molecular flexibility index (Phi) is 3.77. The molecule has 0 bridgehead atoms. The summed E-state index contributed by atoms with van der Waals surface area (Å²) in [5.41, 5.74) is 0.868. The third-order valence-electron chi connectivity index (χ3n) is 3.01. The number of ether oxygens (including phenoxy) is 1. The maximum atomic E-state index is 12.2. The van der Waals surface area contributed by atoms with E-state index in [-0.39, 0.29) is 17.9 Å². The number of rotatable bonds is 5. The van der Waals surface area contributed by atoms with Crippen molar-refractivity contribution in [2.75, 3.05) is 20.2 Å². The van der Waals surface area contributed by atoms with Crippen LogP contribution in [0.4, 0.5) is 0 Å². The number of aliphatic carboxylic acids is 1. The molecule has 0 radical (unpaired) electrons. The molecule has 0 aromatic heterocycles. The Hall–Kier alpha value is -1.60. The van der Waals surface area contributed by atoms with E-state index < -0.39 is 16.0 Å². The van der Waals surface area contributed by atoms with Crippen molar-refractivity contribution in [2.24, 2.45) is 0 Å². The molecule has 2 rings (SSSR count). The molecule has 0 unspecified atom stereocenters. The molecule has 1 aromatic carbocycles. The molecule has 0 saturated carbocycles. The Morgan fingerprint density at radius 1 is 1.47 bits per heavy atom. The second-order valence-corrected chi connectivity index (χ2v) is 6.38. The zero-order valence-electron chi connectivity index (χ0n) is 10.5.